The molecule has 0 unspecified atom stereocenters. The van der Waals surface area contributed by atoms with E-state index in [2.05, 4.69) is 4.90 Å². The Kier molecular flexibility index (Phi) is 6.07. The van der Waals surface area contributed by atoms with E-state index in [0.29, 0.717) is 23.6 Å². The monoisotopic (exact) mass is 375 g/mol. The minimum absolute atomic E-state index is 0.253. The van der Waals surface area contributed by atoms with E-state index in [9.17, 15) is 10.2 Å². The number of halogens is 1. The Labute approximate surface area is 160 Å². The molecule has 0 aliphatic carbocycles. The molecule has 3 rings (SSSR count). The predicted molar refractivity (Wildman–Crippen MR) is 104 cm³/mol. The second-order valence-corrected chi connectivity index (χ2v) is 7.65. The second-order valence-electron chi connectivity index (χ2n) is 7.24. The maximum Gasteiger partial charge on any atom is 0.138 e. The summed E-state index contributed by atoms with van der Waals surface area (Å²) >= 11 is 6.18. The molecule has 2 N–H and O–H groups in total. The zero-order valence-corrected chi connectivity index (χ0v) is 15.9. The van der Waals surface area contributed by atoms with E-state index in [4.69, 9.17) is 16.3 Å². The summed E-state index contributed by atoms with van der Waals surface area (Å²) in [5, 5.41) is 20.9. The van der Waals surface area contributed by atoms with Gasteiger partial charge in [-0.3, -0.25) is 4.90 Å². The molecule has 1 atom stereocenters. The van der Waals surface area contributed by atoms with Crippen LogP contribution >= 0.6 is 11.6 Å². The quantitative estimate of drug-likeness (QED) is 0.824. The van der Waals surface area contributed by atoms with Crippen molar-refractivity contribution >= 4 is 11.6 Å². The highest BCUT2D eigenvalue weighted by Gasteiger charge is 2.31. The summed E-state index contributed by atoms with van der Waals surface area (Å²) < 4.78 is 5.85. The minimum atomic E-state index is -0.837. The number of hydrogen-bond donors (Lipinski definition) is 2. The highest BCUT2D eigenvalue weighted by atomic mass is 35.5. The fraction of sp³-hybridized carbons (Fsp3) is 0.429. The average Bonchev–Trinajstić information content (AvgIpc) is 2.80. The lowest BCUT2D eigenvalue weighted by atomic mass is 9.96. The van der Waals surface area contributed by atoms with Crippen LogP contribution in [0.2, 0.25) is 5.02 Å². The molecular weight excluding hydrogens is 350 g/mol. The van der Waals surface area contributed by atoms with Crippen LogP contribution in [0.5, 0.6) is 11.5 Å². The molecule has 1 saturated heterocycles. The second kappa shape index (κ2) is 8.30. The van der Waals surface area contributed by atoms with Gasteiger partial charge in [0.25, 0.3) is 0 Å². The van der Waals surface area contributed by atoms with Crippen LogP contribution < -0.4 is 4.74 Å². The minimum Gasteiger partial charge on any atom is -0.508 e. The van der Waals surface area contributed by atoms with E-state index in [1.165, 1.54) is 0 Å². The number of benzene rings is 2. The summed E-state index contributed by atoms with van der Waals surface area (Å²) in [4.78, 5) is 2.34. The number of aryl methyl sites for hydroxylation is 1. The van der Waals surface area contributed by atoms with Gasteiger partial charge in [-0.25, -0.2) is 0 Å². The third kappa shape index (κ3) is 5.13. The highest BCUT2D eigenvalue weighted by Crippen LogP contribution is 2.29. The Bertz CT molecular complexity index is 735. The van der Waals surface area contributed by atoms with Crippen molar-refractivity contribution in [3.63, 3.8) is 0 Å². The van der Waals surface area contributed by atoms with Crippen molar-refractivity contribution < 1.29 is 14.9 Å². The van der Waals surface area contributed by atoms with Gasteiger partial charge < -0.3 is 14.9 Å². The number of phenols is 1. The molecule has 5 heteroatoms. The number of hydrogen-bond acceptors (Lipinski definition) is 4. The van der Waals surface area contributed by atoms with Crippen LogP contribution in [-0.4, -0.2) is 40.4 Å². The first-order valence-corrected chi connectivity index (χ1v) is 9.43. The van der Waals surface area contributed by atoms with Gasteiger partial charge in [0, 0.05) is 13.1 Å². The van der Waals surface area contributed by atoms with Crippen LogP contribution in [0.3, 0.4) is 0 Å². The fourth-order valence-corrected chi connectivity index (χ4v) is 3.50. The van der Waals surface area contributed by atoms with Gasteiger partial charge in [0.15, 0.2) is 0 Å². The number of rotatable bonds is 5. The van der Waals surface area contributed by atoms with E-state index in [0.717, 1.165) is 37.2 Å². The molecule has 0 aromatic heterocycles. The molecular formula is C21H26ClNO3. The highest BCUT2D eigenvalue weighted by molar-refractivity contribution is 6.32. The molecule has 1 aliphatic rings. The van der Waals surface area contributed by atoms with Crippen molar-refractivity contribution in [1.29, 1.82) is 0 Å². The Morgan fingerprint density at radius 1 is 1.12 bits per heavy atom. The van der Waals surface area contributed by atoms with Crippen molar-refractivity contribution in [2.45, 2.75) is 38.3 Å². The Balaban J connectivity index is 1.56. The van der Waals surface area contributed by atoms with Crippen LogP contribution in [0.15, 0.2) is 42.5 Å². The summed E-state index contributed by atoms with van der Waals surface area (Å²) in [6, 6.07) is 13.0. The molecule has 140 valence electrons. The van der Waals surface area contributed by atoms with Crippen molar-refractivity contribution in [1.82, 2.24) is 4.90 Å². The first-order valence-electron chi connectivity index (χ1n) is 9.05. The molecule has 0 amide bonds. The number of aliphatic hydroxyl groups is 1. The van der Waals surface area contributed by atoms with Gasteiger partial charge in [0.2, 0.25) is 0 Å². The van der Waals surface area contributed by atoms with Gasteiger partial charge in [-0.2, -0.15) is 0 Å². The molecule has 4 nitrogen and oxygen atoms in total. The van der Waals surface area contributed by atoms with Crippen molar-refractivity contribution in [3.05, 3.63) is 58.6 Å². The smallest absolute Gasteiger partial charge is 0.138 e. The molecule has 1 aliphatic heterocycles. The molecule has 0 radical (unpaired) electrons. The standard InChI is InChI=1S/C21H26ClNO3/c1-16-3-8-19(22)20(13-16)26-15-21(25)9-2-11-23(12-10-21)14-17-4-6-18(24)7-5-17/h3-8,13,24-25H,2,9-12,14-15H2,1H3/t21-/m1/s1. The van der Waals surface area contributed by atoms with Crippen molar-refractivity contribution in [2.75, 3.05) is 19.7 Å². The van der Waals surface area contributed by atoms with E-state index < -0.39 is 5.60 Å². The fourth-order valence-electron chi connectivity index (χ4n) is 3.33. The van der Waals surface area contributed by atoms with Gasteiger partial charge in [0.1, 0.15) is 18.1 Å². The lowest BCUT2D eigenvalue weighted by Crippen LogP contribution is -2.37. The number of likely N-dealkylation sites (tertiary alicyclic amines) is 1. The van der Waals surface area contributed by atoms with Gasteiger partial charge in [-0.15, -0.1) is 0 Å². The van der Waals surface area contributed by atoms with Crippen LogP contribution in [0.4, 0.5) is 0 Å². The number of ether oxygens (including phenoxy) is 1. The summed E-state index contributed by atoms with van der Waals surface area (Å²) in [5.41, 5.74) is 1.41. The zero-order chi connectivity index (χ0) is 18.6. The molecule has 0 spiro atoms. The lowest BCUT2D eigenvalue weighted by Gasteiger charge is -2.27. The number of nitrogens with zero attached hydrogens (tertiary/aromatic N) is 1. The predicted octanol–water partition coefficient (Wildman–Crippen LogP) is 4.15. The number of aromatic hydroxyl groups is 1. The van der Waals surface area contributed by atoms with E-state index >= 15 is 0 Å². The molecule has 2 aromatic carbocycles. The van der Waals surface area contributed by atoms with Crippen LogP contribution in [0.25, 0.3) is 0 Å². The Morgan fingerprint density at radius 2 is 1.88 bits per heavy atom. The average molecular weight is 376 g/mol. The van der Waals surface area contributed by atoms with Gasteiger partial charge in [-0.1, -0.05) is 29.8 Å². The van der Waals surface area contributed by atoms with Crippen LogP contribution in [-0.2, 0) is 6.54 Å². The first kappa shape index (κ1) is 19.0. The zero-order valence-electron chi connectivity index (χ0n) is 15.1. The summed E-state index contributed by atoms with van der Waals surface area (Å²) in [5.74, 6) is 0.913. The number of phenolic OH excluding ortho intramolecular Hbond substituents is 1. The summed E-state index contributed by atoms with van der Waals surface area (Å²) in [6.45, 7) is 4.81. The van der Waals surface area contributed by atoms with Gasteiger partial charge >= 0.3 is 0 Å². The van der Waals surface area contributed by atoms with E-state index in [1.54, 1.807) is 12.1 Å². The Hall–Kier alpha value is -1.75. The Morgan fingerprint density at radius 3 is 2.65 bits per heavy atom. The molecule has 0 saturated carbocycles. The SMILES string of the molecule is Cc1ccc(Cl)c(OC[C@@]2(O)CCCN(Cc3ccc(O)cc3)CC2)c1. The third-order valence-electron chi connectivity index (χ3n) is 4.94. The summed E-state index contributed by atoms with van der Waals surface area (Å²) in [6.07, 6.45) is 2.29. The molecule has 2 aromatic rings. The first-order chi connectivity index (χ1) is 12.4. The maximum absolute atomic E-state index is 11.0. The molecule has 26 heavy (non-hydrogen) atoms. The van der Waals surface area contributed by atoms with Crippen molar-refractivity contribution in [2.24, 2.45) is 0 Å². The molecule has 1 heterocycles. The van der Waals surface area contributed by atoms with Crippen LogP contribution in [0.1, 0.15) is 30.4 Å². The third-order valence-corrected chi connectivity index (χ3v) is 5.25. The molecule has 1 fully saturated rings. The van der Waals surface area contributed by atoms with E-state index in [-0.39, 0.29) is 12.4 Å². The van der Waals surface area contributed by atoms with E-state index in [1.807, 2.05) is 37.3 Å². The van der Waals surface area contributed by atoms with Crippen LogP contribution in [0, 0.1) is 6.92 Å². The molecule has 0 bridgehead atoms. The van der Waals surface area contributed by atoms with Crippen molar-refractivity contribution in [3.8, 4) is 11.5 Å². The largest absolute Gasteiger partial charge is 0.508 e. The normalized spacial score (nSPS) is 21.3. The van der Waals surface area contributed by atoms with Gasteiger partial charge in [0.05, 0.1) is 10.6 Å². The lowest BCUT2D eigenvalue weighted by molar-refractivity contribution is -0.0168. The topological polar surface area (TPSA) is 52.9 Å². The maximum atomic E-state index is 11.0. The summed E-state index contributed by atoms with van der Waals surface area (Å²) in [7, 11) is 0. The van der Waals surface area contributed by atoms with Gasteiger partial charge in [-0.05, 0) is 68.1 Å².